The van der Waals surface area contributed by atoms with Crippen molar-refractivity contribution in [1.82, 2.24) is 0 Å². The van der Waals surface area contributed by atoms with E-state index in [4.69, 9.17) is 21.4 Å². The molecule has 0 aliphatic carbocycles. The van der Waals surface area contributed by atoms with E-state index in [1.807, 2.05) is 0 Å². The molecular formula is C3H8ClO3P. The van der Waals surface area contributed by atoms with Crippen LogP contribution in [0.15, 0.2) is 0 Å². The van der Waals surface area contributed by atoms with Crippen LogP contribution in [0.3, 0.4) is 0 Å². The van der Waals surface area contributed by atoms with Crippen LogP contribution in [0, 0.1) is 0 Å². The van der Waals surface area contributed by atoms with Gasteiger partial charge >= 0.3 is 8.60 Å². The molecule has 0 aromatic heterocycles. The van der Waals surface area contributed by atoms with Crippen molar-refractivity contribution in [3.63, 3.8) is 0 Å². The fourth-order valence-electron chi connectivity index (χ4n) is 0.169. The monoisotopic (exact) mass is 158 g/mol. The Bertz CT molecular complexity index is 50.5. The highest BCUT2D eigenvalue weighted by atomic mass is 35.5. The molecule has 0 aromatic rings. The van der Waals surface area contributed by atoms with E-state index in [0.29, 0.717) is 0 Å². The summed E-state index contributed by atoms with van der Waals surface area (Å²) in [7, 11) is -2.22. The molecule has 0 rings (SSSR count). The first-order valence-corrected chi connectivity index (χ1v) is 3.68. The highest BCUT2D eigenvalue weighted by molar-refractivity contribution is 7.39. The normalized spacial score (nSPS) is 14.6. The first kappa shape index (κ1) is 8.60. The summed E-state index contributed by atoms with van der Waals surface area (Å²) in [6.07, 6.45) is 0. The van der Waals surface area contributed by atoms with E-state index in [1.165, 1.54) is 0 Å². The van der Waals surface area contributed by atoms with Crippen molar-refractivity contribution in [1.29, 1.82) is 0 Å². The van der Waals surface area contributed by atoms with Gasteiger partial charge in [-0.05, 0) is 6.92 Å². The largest absolute Gasteiger partial charge is 0.328 e. The van der Waals surface area contributed by atoms with Crippen molar-refractivity contribution in [2.75, 3.05) is 6.61 Å². The van der Waals surface area contributed by atoms with Gasteiger partial charge in [0.05, 0.1) is 12.0 Å². The van der Waals surface area contributed by atoms with E-state index in [1.54, 1.807) is 6.92 Å². The van der Waals surface area contributed by atoms with Gasteiger partial charge in [-0.25, -0.2) is 0 Å². The summed E-state index contributed by atoms with van der Waals surface area (Å²) in [6.45, 7) is 1.89. The van der Waals surface area contributed by atoms with Crippen LogP contribution in [0.25, 0.3) is 0 Å². The minimum atomic E-state index is -2.22. The lowest BCUT2D eigenvalue weighted by molar-refractivity contribution is 0.257. The fraction of sp³-hybridized carbons (Fsp3) is 1.00. The van der Waals surface area contributed by atoms with Crippen molar-refractivity contribution >= 4 is 20.2 Å². The van der Waals surface area contributed by atoms with E-state index >= 15 is 0 Å². The lowest BCUT2D eigenvalue weighted by atomic mass is 10.5. The molecule has 0 amide bonds. The maximum absolute atomic E-state index is 8.14. The van der Waals surface area contributed by atoms with Crippen LogP contribution in [-0.4, -0.2) is 21.8 Å². The Hall–Kier alpha value is 0.600. The van der Waals surface area contributed by atoms with Gasteiger partial charge in [0.1, 0.15) is 0 Å². The average molecular weight is 159 g/mol. The first-order valence-electron chi connectivity index (χ1n) is 2.08. The summed E-state index contributed by atoms with van der Waals surface area (Å²) >= 11 is 5.38. The van der Waals surface area contributed by atoms with Crippen LogP contribution in [-0.2, 0) is 4.52 Å². The van der Waals surface area contributed by atoms with Crippen LogP contribution in [0.5, 0.6) is 0 Å². The molecule has 3 nitrogen and oxygen atoms in total. The van der Waals surface area contributed by atoms with Crippen molar-refractivity contribution in [2.45, 2.75) is 12.3 Å². The minimum Gasteiger partial charge on any atom is -0.328 e. The maximum Gasteiger partial charge on any atom is 0.327 e. The van der Waals surface area contributed by atoms with Crippen LogP contribution in [0.4, 0.5) is 0 Å². The minimum absolute atomic E-state index is 0.167. The lowest BCUT2D eigenvalue weighted by Gasteiger charge is -2.03. The van der Waals surface area contributed by atoms with Crippen molar-refractivity contribution in [3.8, 4) is 0 Å². The number of hydrogen-bond donors (Lipinski definition) is 2. The molecule has 0 bridgehead atoms. The molecular weight excluding hydrogens is 150 g/mol. The van der Waals surface area contributed by atoms with Crippen LogP contribution < -0.4 is 0 Å². The molecule has 50 valence electrons. The molecule has 0 spiro atoms. The molecule has 5 heteroatoms. The third kappa shape index (κ3) is 6.60. The van der Waals surface area contributed by atoms with Gasteiger partial charge in [-0.1, -0.05) is 0 Å². The molecule has 0 saturated carbocycles. The molecule has 0 aliphatic rings. The summed E-state index contributed by atoms with van der Waals surface area (Å²) in [5.74, 6) is 0. The van der Waals surface area contributed by atoms with Crippen LogP contribution in [0.2, 0.25) is 0 Å². The molecule has 1 atom stereocenters. The summed E-state index contributed by atoms with van der Waals surface area (Å²) < 4.78 is 4.35. The van der Waals surface area contributed by atoms with Gasteiger partial charge in [0.2, 0.25) is 0 Å². The van der Waals surface area contributed by atoms with Gasteiger partial charge in [-0.2, -0.15) is 0 Å². The summed E-state index contributed by atoms with van der Waals surface area (Å²) in [5, 5.41) is -0.167. The zero-order valence-corrected chi connectivity index (χ0v) is 6.06. The fourth-order valence-corrected chi connectivity index (χ4v) is 0.677. The average Bonchev–Trinajstić information content (AvgIpc) is 1.61. The van der Waals surface area contributed by atoms with E-state index in [9.17, 15) is 0 Å². The highest BCUT2D eigenvalue weighted by Crippen LogP contribution is 2.24. The Morgan fingerprint density at radius 2 is 2.25 bits per heavy atom. The molecule has 8 heavy (non-hydrogen) atoms. The number of alkyl halides is 1. The van der Waals surface area contributed by atoms with E-state index in [2.05, 4.69) is 4.52 Å². The van der Waals surface area contributed by atoms with E-state index in [0.717, 1.165) is 0 Å². The van der Waals surface area contributed by atoms with Crippen molar-refractivity contribution in [3.05, 3.63) is 0 Å². The molecule has 0 aliphatic heterocycles. The Labute approximate surface area is 54.2 Å². The third-order valence-electron chi connectivity index (χ3n) is 0.420. The van der Waals surface area contributed by atoms with Crippen molar-refractivity contribution in [2.24, 2.45) is 0 Å². The molecule has 0 heterocycles. The van der Waals surface area contributed by atoms with Crippen molar-refractivity contribution < 1.29 is 14.3 Å². The molecule has 2 N–H and O–H groups in total. The molecule has 0 fully saturated rings. The van der Waals surface area contributed by atoms with E-state index < -0.39 is 8.60 Å². The predicted molar refractivity (Wildman–Crippen MR) is 32.6 cm³/mol. The lowest BCUT2D eigenvalue weighted by Crippen LogP contribution is -2.00. The molecule has 1 unspecified atom stereocenters. The van der Waals surface area contributed by atoms with Gasteiger partial charge in [-0.15, -0.1) is 11.6 Å². The Kier molecular flexibility index (Phi) is 4.81. The second kappa shape index (κ2) is 4.48. The second-order valence-electron chi connectivity index (χ2n) is 1.33. The third-order valence-corrected chi connectivity index (χ3v) is 0.926. The smallest absolute Gasteiger partial charge is 0.327 e. The Balaban J connectivity index is 2.93. The van der Waals surface area contributed by atoms with Crippen LogP contribution in [0.1, 0.15) is 6.92 Å². The quantitative estimate of drug-likeness (QED) is 0.473. The van der Waals surface area contributed by atoms with Gasteiger partial charge in [-0.3, -0.25) is 0 Å². The predicted octanol–water partition coefficient (Wildman–Crippen LogP) is 0.842. The summed E-state index contributed by atoms with van der Waals surface area (Å²) in [5.41, 5.74) is 0. The number of hydrogen-bond acceptors (Lipinski definition) is 3. The molecule has 0 saturated heterocycles. The van der Waals surface area contributed by atoms with Crippen LogP contribution >= 0.6 is 20.2 Å². The standard InChI is InChI=1S/C3H8ClO3P/c1-3(4)2-7-8(5)6/h3,5-6H,2H2,1H3. The topological polar surface area (TPSA) is 49.7 Å². The van der Waals surface area contributed by atoms with E-state index in [-0.39, 0.29) is 12.0 Å². The first-order chi connectivity index (χ1) is 3.63. The molecule has 0 aromatic carbocycles. The Morgan fingerprint density at radius 3 is 2.38 bits per heavy atom. The molecule has 0 radical (unpaired) electrons. The highest BCUT2D eigenvalue weighted by Gasteiger charge is 2.01. The van der Waals surface area contributed by atoms with Gasteiger partial charge < -0.3 is 14.3 Å². The number of rotatable bonds is 3. The van der Waals surface area contributed by atoms with Gasteiger partial charge in [0, 0.05) is 0 Å². The van der Waals surface area contributed by atoms with Gasteiger partial charge in [0.15, 0.2) is 0 Å². The maximum atomic E-state index is 8.14. The second-order valence-corrected chi connectivity index (χ2v) is 2.84. The SMILES string of the molecule is CC(Cl)COP(O)O. The Morgan fingerprint density at radius 1 is 1.75 bits per heavy atom. The zero-order valence-electron chi connectivity index (χ0n) is 4.41. The number of halogens is 1. The zero-order chi connectivity index (χ0) is 6.57. The van der Waals surface area contributed by atoms with Gasteiger partial charge in [0.25, 0.3) is 0 Å². The summed E-state index contributed by atoms with van der Waals surface area (Å²) in [4.78, 5) is 16.3. The summed E-state index contributed by atoms with van der Waals surface area (Å²) in [6, 6.07) is 0.